The van der Waals surface area contributed by atoms with Gasteiger partial charge >= 0.3 is 0 Å². The molecule has 0 bridgehead atoms. The number of amides is 1. The molecule has 4 rings (SSSR count). The fraction of sp³-hybridized carbons (Fsp3) is 0.269. The van der Waals surface area contributed by atoms with Crippen LogP contribution in [0, 0.1) is 0 Å². The van der Waals surface area contributed by atoms with Crippen LogP contribution >= 0.6 is 11.6 Å². The van der Waals surface area contributed by atoms with Crippen LogP contribution in [0.1, 0.15) is 19.4 Å². The molecular formula is C26H28ClN3O4S. The van der Waals surface area contributed by atoms with Crippen LogP contribution < -0.4 is 19.3 Å². The first-order valence-electron chi connectivity index (χ1n) is 11.5. The van der Waals surface area contributed by atoms with E-state index in [4.69, 9.17) is 16.3 Å². The van der Waals surface area contributed by atoms with E-state index >= 15 is 0 Å². The Morgan fingerprint density at radius 2 is 1.74 bits per heavy atom. The third kappa shape index (κ3) is 5.39. The van der Waals surface area contributed by atoms with Crippen LogP contribution in [0.2, 0.25) is 5.02 Å². The normalized spacial score (nSPS) is 15.2. The number of halogens is 1. The maximum absolute atomic E-state index is 13.4. The summed E-state index contributed by atoms with van der Waals surface area (Å²) in [5.74, 6) is -0.115. The zero-order valence-electron chi connectivity index (χ0n) is 19.6. The van der Waals surface area contributed by atoms with Gasteiger partial charge in [0.2, 0.25) is 0 Å². The van der Waals surface area contributed by atoms with E-state index in [1.807, 2.05) is 24.3 Å². The molecule has 0 aromatic heterocycles. The van der Waals surface area contributed by atoms with E-state index in [0.717, 1.165) is 24.3 Å². The molecule has 1 N–H and O–H groups in total. The fourth-order valence-electron chi connectivity index (χ4n) is 4.02. The molecule has 3 aromatic rings. The average molecular weight is 514 g/mol. The molecule has 0 saturated carbocycles. The monoisotopic (exact) mass is 513 g/mol. The summed E-state index contributed by atoms with van der Waals surface area (Å²) in [5, 5.41) is 3.25. The van der Waals surface area contributed by atoms with Gasteiger partial charge in [-0.1, -0.05) is 41.9 Å². The third-order valence-corrected chi connectivity index (χ3v) is 7.97. The average Bonchev–Trinajstić information content (AvgIpc) is 2.88. The summed E-state index contributed by atoms with van der Waals surface area (Å²) in [5.41, 5.74) is 2.36. The first kappa shape index (κ1) is 24.9. The number of carbonyl (C=O) groups is 1. The molecule has 0 radical (unpaired) electrons. The highest BCUT2D eigenvalue weighted by molar-refractivity contribution is 7.92. The van der Waals surface area contributed by atoms with Gasteiger partial charge in [-0.15, -0.1) is 0 Å². The molecular weight excluding hydrogens is 486 g/mol. The first-order chi connectivity index (χ1) is 16.8. The Kier molecular flexibility index (Phi) is 7.52. The van der Waals surface area contributed by atoms with Gasteiger partial charge in [-0.25, -0.2) is 8.42 Å². The van der Waals surface area contributed by atoms with E-state index in [2.05, 4.69) is 24.1 Å². The molecule has 184 valence electrons. The fourth-order valence-corrected chi connectivity index (χ4v) is 5.68. The topological polar surface area (TPSA) is 79.0 Å². The molecule has 1 amide bonds. The predicted molar refractivity (Wildman–Crippen MR) is 139 cm³/mol. The number of anilines is 2. The van der Waals surface area contributed by atoms with Gasteiger partial charge in [-0.3, -0.25) is 9.10 Å². The Bertz CT molecular complexity index is 1280. The maximum Gasteiger partial charge on any atom is 0.264 e. The van der Waals surface area contributed by atoms with Gasteiger partial charge in [0.25, 0.3) is 15.9 Å². The molecule has 1 atom stereocenters. The smallest absolute Gasteiger partial charge is 0.264 e. The van der Waals surface area contributed by atoms with Gasteiger partial charge in [0, 0.05) is 30.3 Å². The summed E-state index contributed by atoms with van der Waals surface area (Å²) in [4.78, 5) is 15.4. The van der Waals surface area contributed by atoms with E-state index in [9.17, 15) is 13.2 Å². The number of carbonyl (C=O) groups excluding carboxylic acids is 1. The van der Waals surface area contributed by atoms with Crippen LogP contribution in [0.3, 0.4) is 0 Å². The number of hydrogen-bond donors (Lipinski definition) is 1. The zero-order chi connectivity index (χ0) is 25.0. The highest BCUT2D eigenvalue weighted by Crippen LogP contribution is 2.38. The number of nitrogens with one attached hydrogen (secondary N) is 1. The number of rotatable bonds is 8. The van der Waals surface area contributed by atoms with Gasteiger partial charge in [0.1, 0.15) is 5.75 Å². The van der Waals surface area contributed by atoms with E-state index in [1.165, 1.54) is 22.5 Å². The lowest BCUT2D eigenvalue weighted by Crippen LogP contribution is -2.50. The van der Waals surface area contributed by atoms with Gasteiger partial charge in [0.05, 0.1) is 17.1 Å². The van der Waals surface area contributed by atoms with Crippen LogP contribution in [-0.2, 0) is 21.4 Å². The number of benzene rings is 3. The molecule has 1 aliphatic heterocycles. The highest BCUT2D eigenvalue weighted by atomic mass is 35.5. The van der Waals surface area contributed by atoms with E-state index < -0.39 is 22.0 Å². The van der Waals surface area contributed by atoms with Crippen molar-refractivity contribution in [3.8, 4) is 5.75 Å². The molecule has 0 spiro atoms. The molecule has 3 aromatic carbocycles. The molecule has 1 aliphatic rings. The molecule has 35 heavy (non-hydrogen) atoms. The molecule has 0 aliphatic carbocycles. The maximum atomic E-state index is 13.4. The second kappa shape index (κ2) is 10.6. The molecule has 0 fully saturated rings. The van der Waals surface area contributed by atoms with Gasteiger partial charge in [-0.05, 0) is 61.9 Å². The minimum atomic E-state index is -3.93. The minimum absolute atomic E-state index is 0.125. The number of fused-ring (bicyclic) bond motifs is 1. The Labute approximate surface area is 211 Å². The van der Waals surface area contributed by atoms with Crippen LogP contribution in [0.5, 0.6) is 5.75 Å². The summed E-state index contributed by atoms with van der Waals surface area (Å²) in [6, 6.07) is 20.8. The Balaban J connectivity index is 1.52. The number of ether oxygens (including phenoxy) is 1. The second-order valence-corrected chi connectivity index (χ2v) is 10.4. The number of sulfonamides is 1. The van der Waals surface area contributed by atoms with Crippen molar-refractivity contribution in [1.29, 1.82) is 0 Å². The van der Waals surface area contributed by atoms with Crippen molar-refractivity contribution in [3.05, 3.63) is 83.4 Å². The molecule has 9 heteroatoms. The van der Waals surface area contributed by atoms with Crippen molar-refractivity contribution in [3.63, 3.8) is 0 Å². The van der Waals surface area contributed by atoms with E-state index in [1.54, 1.807) is 30.3 Å². The van der Waals surface area contributed by atoms with Gasteiger partial charge in [-0.2, -0.15) is 0 Å². The van der Waals surface area contributed by atoms with Crippen LogP contribution in [0.4, 0.5) is 11.4 Å². The summed E-state index contributed by atoms with van der Waals surface area (Å²) < 4.78 is 34.0. The van der Waals surface area contributed by atoms with Crippen molar-refractivity contribution in [1.82, 2.24) is 5.32 Å². The van der Waals surface area contributed by atoms with Crippen LogP contribution in [0.15, 0.2) is 77.7 Å². The largest absolute Gasteiger partial charge is 0.476 e. The SMILES string of the molecule is CCN(CC)c1ccc(CNC(=O)[C@H]2CN(S(=O)(=O)c3ccccc3)c3cc(Cl)ccc3O2)cc1. The summed E-state index contributed by atoms with van der Waals surface area (Å²) in [7, 11) is -3.93. The Morgan fingerprint density at radius 3 is 2.40 bits per heavy atom. The second-order valence-electron chi connectivity index (χ2n) is 8.12. The Morgan fingerprint density at radius 1 is 1.06 bits per heavy atom. The minimum Gasteiger partial charge on any atom is -0.476 e. The number of hydrogen-bond acceptors (Lipinski definition) is 5. The van der Waals surface area contributed by atoms with Gasteiger partial charge < -0.3 is 15.0 Å². The standard InChI is InChI=1S/C26H28ClN3O4S/c1-3-29(4-2)21-13-10-19(11-14-21)17-28-26(31)25-18-30(23-16-20(27)12-15-24(23)34-25)35(32,33)22-8-6-5-7-9-22/h5-16,25H,3-4,17-18H2,1-2H3,(H,28,31)/t25-/m1/s1. The van der Waals surface area contributed by atoms with E-state index in [0.29, 0.717) is 17.3 Å². The lowest BCUT2D eigenvalue weighted by atomic mass is 10.1. The van der Waals surface area contributed by atoms with Crippen LogP contribution in [-0.4, -0.2) is 40.1 Å². The van der Waals surface area contributed by atoms with Crippen molar-refractivity contribution < 1.29 is 17.9 Å². The molecule has 7 nitrogen and oxygen atoms in total. The van der Waals surface area contributed by atoms with Gasteiger partial charge in [0.15, 0.2) is 6.10 Å². The summed E-state index contributed by atoms with van der Waals surface area (Å²) in [6.45, 7) is 6.18. The highest BCUT2D eigenvalue weighted by Gasteiger charge is 2.37. The third-order valence-electron chi connectivity index (χ3n) is 5.95. The molecule has 1 heterocycles. The van der Waals surface area contributed by atoms with Crippen molar-refractivity contribution in [2.75, 3.05) is 28.8 Å². The predicted octanol–water partition coefficient (Wildman–Crippen LogP) is 4.46. The summed E-state index contributed by atoms with van der Waals surface area (Å²) in [6.07, 6.45) is -1.02. The quantitative estimate of drug-likeness (QED) is 0.481. The lowest BCUT2D eigenvalue weighted by Gasteiger charge is -2.34. The van der Waals surface area contributed by atoms with Crippen molar-refractivity contribution >= 4 is 38.9 Å². The first-order valence-corrected chi connectivity index (χ1v) is 13.3. The summed E-state index contributed by atoms with van der Waals surface area (Å²) >= 11 is 6.14. The Hall–Kier alpha value is -3.23. The van der Waals surface area contributed by atoms with Crippen molar-refractivity contribution in [2.45, 2.75) is 31.4 Å². The van der Waals surface area contributed by atoms with E-state index in [-0.39, 0.29) is 17.2 Å². The zero-order valence-corrected chi connectivity index (χ0v) is 21.2. The number of nitrogens with zero attached hydrogens (tertiary/aromatic N) is 2. The molecule has 0 unspecified atom stereocenters. The lowest BCUT2D eigenvalue weighted by molar-refractivity contribution is -0.127. The van der Waals surface area contributed by atoms with Crippen LogP contribution in [0.25, 0.3) is 0 Å². The van der Waals surface area contributed by atoms with Crippen molar-refractivity contribution in [2.24, 2.45) is 0 Å². The molecule has 0 saturated heterocycles.